The Morgan fingerprint density at radius 3 is 2.30 bits per heavy atom. The van der Waals surface area contributed by atoms with Crippen molar-refractivity contribution in [2.45, 2.75) is 109 Å². The van der Waals surface area contributed by atoms with E-state index in [1.54, 1.807) is 11.0 Å². The molecule has 7 rings (SSSR count). The lowest BCUT2D eigenvalue weighted by Crippen LogP contribution is -2.59. The molecule has 2 amide bonds. The lowest BCUT2D eigenvalue weighted by molar-refractivity contribution is -0.137. The maximum atomic E-state index is 14.6. The van der Waals surface area contributed by atoms with Gasteiger partial charge in [-0.25, -0.2) is 4.39 Å². The minimum Gasteiger partial charge on any atom is -0.341 e. The molecule has 0 unspecified atom stereocenters. The summed E-state index contributed by atoms with van der Waals surface area (Å²) in [5, 5.41) is 4.76. The Kier molecular flexibility index (Phi) is 8.58. The van der Waals surface area contributed by atoms with Gasteiger partial charge >= 0.3 is 0 Å². The highest BCUT2D eigenvalue weighted by molar-refractivity contribution is 5.99. The number of hydrogen-bond donors (Lipinski definition) is 1. The third kappa shape index (κ3) is 5.83. The number of aromatic nitrogens is 2. The van der Waals surface area contributed by atoms with Gasteiger partial charge in [0.1, 0.15) is 5.82 Å². The number of carbonyl (C=O) groups is 2. The lowest BCUT2D eigenvalue weighted by Gasteiger charge is -2.44. The molecule has 2 bridgehead atoms. The van der Waals surface area contributed by atoms with Gasteiger partial charge in [0.15, 0.2) is 0 Å². The fraction of sp³-hybridized carbons (Fsp3) is 0.571. The Morgan fingerprint density at radius 1 is 0.977 bits per heavy atom. The van der Waals surface area contributed by atoms with Crippen LogP contribution < -0.4 is 5.32 Å². The molecule has 2 aromatic heterocycles. The van der Waals surface area contributed by atoms with Crippen molar-refractivity contribution < 1.29 is 14.0 Å². The van der Waals surface area contributed by atoms with Crippen LogP contribution in [0, 0.1) is 11.7 Å². The fourth-order valence-electron chi connectivity index (χ4n) is 8.04. The average molecular weight is 588 g/mol. The van der Waals surface area contributed by atoms with Gasteiger partial charge in [-0.1, -0.05) is 0 Å². The molecule has 0 radical (unpaired) electrons. The van der Waals surface area contributed by atoms with Gasteiger partial charge in [-0.2, -0.15) is 0 Å². The van der Waals surface area contributed by atoms with E-state index < -0.39 is 5.82 Å². The average Bonchev–Trinajstić information content (AvgIpc) is 3.36. The molecule has 1 aliphatic carbocycles. The minimum absolute atomic E-state index is 0.00290. The van der Waals surface area contributed by atoms with Crippen molar-refractivity contribution in [3.63, 3.8) is 0 Å². The van der Waals surface area contributed by atoms with Gasteiger partial charge in [0.25, 0.3) is 5.91 Å². The molecule has 3 aromatic rings. The van der Waals surface area contributed by atoms with Gasteiger partial charge in [-0.05, 0) is 121 Å². The summed E-state index contributed by atoms with van der Waals surface area (Å²) in [5.41, 5.74) is 3.16. The van der Waals surface area contributed by atoms with E-state index in [1.807, 2.05) is 44.7 Å². The molecule has 8 heteroatoms. The van der Waals surface area contributed by atoms with Gasteiger partial charge in [0.05, 0.1) is 29.0 Å². The van der Waals surface area contributed by atoms with Gasteiger partial charge in [0.2, 0.25) is 5.91 Å². The first-order chi connectivity index (χ1) is 20.7. The van der Waals surface area contributed by atoms with Crippen molar-refractivity contribution in [1.29, 1.82) is 0 Å². The van der Waals surface area contributed by atoms with Crippen LogP contribution in [0.5, 0.6) is 0 Å². The Morgan fingerprint density at radius 2 is 1.67 bits per heavy atom. The zero-order chi connectivity index (χ0) is 30.2. The number of pyridine rings is 1. The molecule has 230 valence electrons. The second-order valence-corrected chi connectivity index (χ2v) is 13.5. The topological polar surface area (TPSA) is 70.5 Å². The molecule has 3 saturated heterocycles. The van der Waals surface area contributed by atoms with E-state index in [1.165, 1.54) is 43.4 Å². The van der Waals surface area contributed by atoms with E-state index in [-0.39, 0.29) is 24.0 Å². The summed E-state index contributed by atoms with van der Waals surface area (Å²) < 4.78 is 16.6. The van der Waals surface area contributed by atoms with E-state index in [0.717, 1.165) is 49.7 Å². The molecular weight excluding hydrogens is 541 g/mol. The van der Waals surface area contributed by atoms with Gasteiger partial charge in [0, 0.05) is 49.0 Å². The molecule has 7 nitrogen and oxygen atoms in total. The summed E-state index contributed by atoms with van der Waals surface area (Å²) in [4.78, 5) is 35.7. The first-order valence-electron chi connectivity index (χ1n) is 16.3. The number of benzene rings is 1. The summed E-state index contributed by atoms with van der Waals surface area (Å²) >= 11 is 0. The Bertz CT molecular complexity index is 1460. The zero-order valence-electron chi connectivity index (χ0n) is 26.1. The summed E-state index contributed by atoms with van der Waals surface area (Å²) in [7, 11) is 0. The maximum Gasteiger partial charge on any atom is 0.256 e. The van der Waals surface area contributed by atoms with Crippen LogP contribution in [-0.2, 0) is 4.79 Å². The van der Waals surface area contributed by atoms with Gasteiger partial charge in [-0.15, -0.1) is 0 Å². The SMILES string of the molecule is CC(C)N(C(=O)c1cc(F)ccc1-n1cc(C2CCCN(C(=O)[C@H]3NC4CCC3CC4)CCC2)c2ccncc21)C(C)C. The summed E-state index contributed by atoms with van der Waals surface area (Å²) in [5.74, 6) is 0.523. The van der Waals surface area contributed by atoms with Crippen LogP contribution in [0.25, 0.3) is 16.6 Å². The Hall–Kier alpha value is -3.26. The Labute approximate surface area is 254 Å². The first-order valence-corrected chi connectivity index (χ1v) is 16.3. The van der Waals surface area contributed by atoms with Crippen molar-refractivity contribution in [1.82, 2.24) is 24.7 Å². The number of nitrogens with one attached hydrogen (secondary N) is 1. The normalized spacial score (nSPS) is 23.1. The predicted octanol–water partition coefficient (Wildman–Crippen LogP) is 6.44. The van der Waals surface area contributed by atoms with Gasteiger partial charge in [-0.3, -0.25) is 14.6 Å². The molecule has 43 heavy (non-hydrogen) atoms. The van der Waals surface area contributed by atoms with E-state index in [2.05, 4.69) is 27.5 Å². The van der Waals surface area contributed by atoms with Crippen LogP contribution in [0.4, 0.5) is 4.39 Å². The number of fused-ring (bicyclic) bond motifs is 4. The molecule has 3 aliphatic heterocycles. The van der Waals surface area contributed by atoms with E-state index in [4.69, 9.17) is 0 Å². The summed E-state index contributed by atoms with van der Waals surface area (Å²) in [6.45, 7) is 9.54. The number of halogens is 1. The van der Waals surface area contributed by atoms with Crippen LogP contribution in [0.1, 0.15) is 101 Å². The van der Waals surface area contributed by atoms with E-state index in [0.29, 0.717) is 35.0 Å². The standard InChI is InChI=1S/C35H46FN5O2/c1-22(2)41(23(3)4)34(42)29-19-26(36)11-14-31(29)40-21-30(28-15-16-37-20-32(28)40)24-7-5-17-39(18-6-8-24)35(43)33-25-9-12-27(38-33)13-10-25/h11,14-16,19-25,27,33,38H,5-10,12-13,17-18H2,1-4H3/t25?,27?,33-/m0/s1. The highest BCUT2D eigenvalue weighted by atomic mass is 19.1. The highest BCUT2D eigenvalue weighted by Gasteiger charge is 2.40. The molecule has 4 fully saturated rings. The summed E-state index contributed by atoms with van der Waals surface area (Å²) in [6.07, 6.45) is 14.4. The number of likely N-dealkylation sites (tertiary alicyclic amines) is 1. The van der Waals surface area contributed by atoms with Crippen LogP contribution in [0.3, 0.4) is 0 Å². The monoisotopic (exact) mass is 587 g/mol. The molecule has 1 N–H and O–H groups in total. The van der Waals surface area contributed by atoms with E-state index in [9.17, 15) is 14.0 Å². The second-order valence-electron chi connectivity index (χ2n) is 13.5. The number of nitrogens with zero attached hydrogens (tertiary/aromatic N) is 4. The lowest BCUT2D eigenvalue weighted by atomic mass is 9.76. The smallest absolute Gasteiger partial charge is 0.256 e. The Balaban J connectivity index is 1.26. The molecule has 4 aliphatic rings. The molecular formula is C35H46FN5O2. The predicted molar refractivity (Wildman–Crippen MR) is 168 cm³/mol. The molecule has 1 atom stereocenters. The van der Waals surface area contributed by atoms with Crippen molar-refractivity contribution in [2.24, 2.45) is 5.92 Å². The highest BCUT2D eigenvalue weighted by Crippen LogP contribution is 2.38. The third-order valence-corrected chi connectivity index (χ3v) is 10.1. The van der Waals surface area contributed by atoms with Crippen molar-refractivity contribution in [2.75, 3.05) is 13.1 Å². The fourth-order valence-corrected chi connectivity index (χ4v) is 8.04. The molecule has 1 aromatic carbocycles. The number of rotatable bonds is 6. The minimum atomic E-state index is -0.426. The van der Waals surface area contributed by atoms with Crippen molar-refractivity contribution >= 4 is 22.7 Å². The molecule has 1 saturated carbocycles. The maximum absolute atomic E-state index is 14.6. The second kappa shape index (κ2) is 12.4. The quantitative estimate of drug-likeness (QED) is 0.360. The van der Waals surface area contributed by atoms with Crippen LogP contribution in [0.2, 0.25) is 0 Å². The largest absolute Gasteiger partial charge is 0.341 e. The van der Waals surface area contributed by atoms with Crippen molar-refractivity contribution in [3.8, 4) is 5.69 Å². The number of piperidine rings is 2. The first kappa shape index (κ1) is 29.8. The third-order valence-electron chi connectivity index (χ3n) is 10.1. The number of amides is 2. The molecule has 5 heterocycles. The number of carbonyl (C=O) groups excluding carboxylic acids is 2. The zero-order valence-corrected chi connectivity index (χ0v) is 26.1. The summed E-state index contributed by atoms with van der Waals surface area (Å²) in [6, 6.07) is 7.04. The van der Waals surface area contributed by atoms with Gasteiger partial charge < -0.3 is 19.7 Å². The van der Waals surface area contributed by atoms with Crippen LogP contribution in [-0.4, -0.2) is 68.4 Å². The van der Waals surface area contributed by atoms with Crippen LogP contribution >= 0.6 is 0 Å². The van der Waals surface area contributed by atoms with Crippen LogP contribution in [0.15, 0.2) is 42.9 Å². The number of hydrogen-bond acceptors (Lipinski definition) is 4. The molecule has 0 spiro atoms. The van der Waals surface area contributed by atoms with Crippen molar-refractivity contribution in [3.05, 3.63) is 59.8 Å². The van der Waals surface area contributed by atoms with E-state index >= 15 is 0 Å².